The molecule has 6 heteroatoms. The Morgan fingerprint density at radius 3 is 2.75 bits per heavy atom. The molecule has 0 radical (unpaired) electrons. The third-order valence-electron chi connectivity index (χ3n) is 3.80. The molecule has 1 N–H and O–H groups in total. The number of carbonyl (C=O) groups is 2. The van der Waals surface area contributed by atoms with Crippen LogP contribution in [-0.4, -0.2) is 36.4 Å². The van der Waals surface area contributed by atoms with Crippen molar-refractivity contribution in [3.8, 4) is 5.75 Å². The maximum absolute atomic E-state index is 12.6. The molecule has 0 aliphatic carbocycles. The number of ether oxygens (including phenoxy) is 1. The van der Waals surface area contributed by atoms with Crippen LogP contribution in [0, 0.1) is 0 Å². The van der Waals surface area contributed by atoms with Crippen LogP contribution >= 0.6 is 11.6 Å². The minimum atomic E-state index is -0.690. The van der Waals surface area contributed by atoms with Gasteiger partial charge < -0.3 is 15.0 Å². The summed E-state index contributed by atoms with van der Waals surface area (Å²) in [5.41, 5.74) is 0.688. The van der Waals surface area contributed by atoms with Gasteiger partial charge in [0.05, 0.1) is 0 Å². The summed E-state index contributed by atoms with van der Waals surface area (Å²) in [5, 5.41) is 3.32. The molecule has 1 aliphatic heterocycles. The van der Waals surface area contributed by atoms with Crippen LogP contribution in [0.5, 0.6) is 5.75 Å². The second-order valence-electron chi connectivity index (χ2n) is 5.44. The summed E-state index contributed by atoms with van der Waals surface area (Å²) < 4.78 is 5.52. The van der Waals surface area contributed by atoms with Crippen molar-refractivity contribution in [3.63, 3.8) is 0 Å². The van der Waals surface area contributed by atoms with E-state index in [1.165, 1.54) is 4.90 Å². The maximum Gasteiger partial charge on any atom is 0.261 e. The van der Waals surface area contributed by atoms with E-state index in [2.05, 4.69) is 5.32 Å². The summed E-state index contributed by atoms with van der Waals surface area (Å²) in [6.07, 6.45) is 0. The van der Waals surface area contributed by atoms with Gasteiger partial charge in [-0.2, -0.15) is 0 Å². The number of nitrogens with one attached hydrogen (secondary N) is 1. The van der Waals surface area contributed by atoms with Gasteiger partial charge in [0.25, 0.3) is 5.91 Å². The molecule has 1 fully saturated rings. The first-order chi connectivity index (χ1) is 11.6. The predicted molar refractivity (Wildman–Crippen MR) is 90.9 cm³/mol. The number of benzene rings is 2. The van der Waals surface area contributed by atoms with Crippen LogP contribution in [0.3, 0.4) is 0 Å². The second kappa shape index (κ2) is 7.36. The van der Waals surface area contributed by atoms with Crippen LogP contribution in [0.25, 0.3) is 0 Å². The minimum absolute atomic E-state index is 0.117. The van der Waals surface area contributed by atoms with Gasteiger partial charge in [0.15, 0.2) is 6.61 Å². The molecule has 0 bridgehead atoms. The molecule has 124 valence electrons. The fraction of sp³-hybridized carbons (Fsp3) is 0.222. The molecule has 3 rings (SSSR count). The number of halogens is 1. The van der Waals surface area contributed by atoms with E-state index >= 15 is 0 Å². The molecule has 5 nitrogen and oxygen atoms in total. The van der Waals surface area contributed by atoms with Crippen LogP contribution in [0.1, 0.15) is 11.6 Å². The topological polar surface area (TPSA) is 58.6 Å². The predicted octanol–water partition coefficient (Wildman–Crippen LogP) is 2.42. The molecule has 1 aliphatic rings. The average molecular weight is 345 g/mol. The average Bonchev–Trinajstić information content (AvgIpc) is 2.60. The Labute approximate surface area is 145 Å². The zero-order chi connectivity index (χ0) is 16.9. The number of rotatable bonds is 4. The highest BCUT2D eigenvalue weighted by Gasteiger charge is 2.34. The van der Waals surface area contributed by atoms with Crippen molar-refractivity contribution >= 4 is 23.4 Å². The van der Waals surface area contributed by atoms with Crippen LogP contribution in [0.15, 0.2) is 54.6 Å². The van der Waals surface area contributed by atoms with Gasteiger partial charge in [-0.05, 0) is 29.8 Å². The van der Waals surface area contributed by atoms with E-state index in [1.807, 2.05) is 18.2 Å². The number of nitrogens with zero attached hydrogens (tertiary/aromatic N) is 1. The molecule has 0 aromatic heterocycles. The van der Waals surface area contributed by atoms with Crippen molar-refractivity contribution in [2.75, 3.05) is 19.7 Å². The lowest BCUT2D eigenvalue weighted by atomic mass is 10.0. The van der Waals surface area contributed by atoms with Gasteiger partial charge >= 0.3 is 0 Å². The fourth-order valence-corrected chi connectivity index (χ4v) is 2.89. The van der Waals surface area contributed by atoms with Crippen molar-refractivity contribution in [3.05, 3.63) is 65.2 Å². The largest absolute Gasteiger partial charge is 0.484 e. The monoisotopic (exact) mass is 344 g/mol. The first-order valence-corrected chi connectivity index (χ1v) is 8.03. The third kappa shape index (κ3) is 3.68. The molecule has 2 aromatic carbocycles. The third-order valence-corrected chi connectivity index (χ3v) is 4.04. The lowest BCUT2D eigenvalue weighted by Gasteiger charge is -2.35. The lowest BCUT2D eigenvalue weighted by Crippen LogP contribution is -2.53. The Bertz CT molecular complexity index is 736. The molecule has 1 heterocycles. The molecule has 0 saturated carbocycles. The van der Waals surface area contributed by atoms with Crippen molar-refractivity contribution in [1.29, 1.82) is 0 Å². The van der Waals surface area contributed by atoms with E-state index in [0.717, 1.165) is 0 Å². The van der Waals surface area contributed by atoms with Gasteiger partial charge in [0, 0.05) is 18.1 Å². The van der Waals surface area contributed by atoms with E-state index in [0.29, 0.717) is 29.4 Å². The Balaban J connectivity index is 1.76. The van der Waals surface area contributed by atoms with E-state index in [1.54, 1.807) is 36.4 Å². The SMILES string of the molecule is O=C1NCCN(C(=O)COc2ccccc2)C1c1cccc(Cl)c1. The Morgan fingerprint density at radius 2 is 2.00 bits per heavy atom. The Morgan fingerprint density at radius 1 is 1.21 bits per heavy atom. The first kappa shape index (κ1) is 16.3. The summed E-state index contributed by atoms with van der Waals surface area (Å²) in [6, 6.07) is 15.4. The van der Waals surface area contributed by atoms with E-state index < -0.39 is 6.04 Å². The summed E-state index contributed by atoms with van der Waals surface area (Å²) in [4.78, 5) is 26.4. The number of hydrogen-bond acceptors (Lipinski definition) is 3. The molecular weight excluding hydrogens is 328 g/mol. The number of para-hydroxylation sites is 1. The van der Waals surface area contributed by atoms with Crippen molar-refractivity contribution < 1.29 is 14.3 Å². The molecule has 1 unspecified atom stereocenters. The Kier molecular flexibility index (Phi) is 5.01. The summed E-state index contributed by atoms with van der Waals surface area (Å²) >= 11 is 6.02. The summed E-state index contributed by atoms with van der Waals surface area (Å²) in [7, 11) is 0. The van der Waals surface area contributed by atoms with Crippen molar-refractivity contribution in [2.24, 2.45) is 0 Å². The van der Waals surface area contributed by atoms with Gasteiger partial charge in [-0.15, -0.1) is 0 Å². The molecule has 2 aromatic rings. The molecule has 0 spiro atoms. The van der Waals surface area contributed by atoms with Crippen LogP contribution < -0.4 is 10.1 Å². The molecule has 24 heavy (non-hydrogen) atoms. The van der Waals surface area contributed by atoms with Crippen LogP contribution in [0.2, 0.25) is 5.02 Å². The number of piperazine rings is 1. The summed E-state index contributed by atoms with van der Waals surface area (Å²) in [6.45, 7) is 0.737. The zero-order valence-corrected chi connectivity index (χ0v) is 13.7. The zero-order valence-electron chi connectivity index (χ0n) is 12.9. The maximum atomic E-state index is 12.6. The minimum Gasteiger partial charge on any atom is -0.484 e. The quantitative estimate of drug-likeness (QED) is 0.926. The van der Waals surface area contributed by atoms with Gasteiger partial charge in [-0.25, -0.2) is 0 Å². The molecular formula is C18H17ClN2O3. The lowest BCUT2D eigenvalue weighted by molar-refractivity contribution is -0.145. The van der Waals surface area contributed by atoms with Crippen LogP contribution in [0.4, 0.5) is 0 Å². The number of carbonyl (C=O) groups excluding carboxylic acids is 2. The van der Waals surface area contributed by atoms with Gasteiger partial charge in [0.1, 0.15) is 11.8 Å². The Hall–Kier alpha value is -2.53. The highest BCUT2D eigenvalue weighted by atomic mass is 35.5. The standard InChI is InChI=1S/C18H17ClN2O3/c19-14-6-4-5-13(11-14)17-18(23)20-9-10-21(17)16(22)12-24-15-7-2-1-3-8-15/h1-8,11,17H,9-10,12H2,(H,20,23). The highest BCUT2D eigenvalue weighted by molar-refractivity contribution is 6.30. The second-order valence-corrected chi connectivity index (χ2v) is 5.87. The molecule has 1 saturated heterocycles. The number of hydrogen-bond donors (Lipinski definition) is 1. The van der Waals surface area contributed by atoms with Crippen molar-refractivity contribution in [1.82, 2.24) is 10.2 Å². The van der Waals surface area contributed by atoms with Gasteiger partial charge in [0.2, 0.25) is 5.91 Å². The smallest absolute Gasteiger partial charge is 0.261 e. The number of amides is 2. The van der Waals surface area contributed by atoms with E-state index in [4.69, 9.17) is 16.3 Å². The fourth-order valence-electron chi connectivity index (χ4n) is 2.69. The first-order valence-electron chi connectivity index (χ1n) is 7.65. The van der Waals surface area contributed by atoms with Crippen molar-refractivity contribution in [2.45, 2.75) is 6.04 Å². The molecule has 2 amide bonds. The van der Waals surface area contributed by atoms with Crippen LogP contribution in [-0.2, 0) is 9.59 Å². The molecule has 1 atom stereocenters. The normalized spacial score (nSPS) is 17.3. The van der Waals surface area contributed by atoms with Gasteiger partial charge in [-0.1, -0.05) is 41.9 Å². The summed E-state index contributed by atoms with van der Waals surface area (Å²) in [5.74, 6) is 0.168. The highest BCUT2D eigenvalue weighted by Crippen LogP contribution is 2.25. The van der Waals surface area contributed by atoms with E-state index in [-0.39, 0.29) is 18.4 Å². The van der Waals surface area contributed by atoms with E-state index in [9.17, 15) is 9.59 Å². The van der Waals surface area contributed by atoms with Gasteiger partial charge in [-0.3, -0.25) is 9.59 Å².